The van der Waals surface area contributed by atoms with Crippen molar-refractivity contribution in [3.05, 3.63) is 39.9 Å². The summed E-state index contributed by atoms with van der Waals surface area (Å²) in [6.07, 6.45) is 0. The summed E-state index contributed by atoms with van der Waals surface area (Å²) in [5, 5.41) is 9.21. The fraction of sp³-hybridized carbons (Fsp3) is 0. The van der Waals surface area contributed by atoms with Crippen LogP contribution in [0.4, 0.5) is 5.69 Å². The van der Waals surface area contributed by atoms with Crippen LogP contribution in [0.1, 0.15) is 10.4 Å². The van der Waals surface area contributed by atoms with Gasteiger partial charge in [0.15, 0.2) is 0 Å². The molecule has 0 unspecified atom stereocenters. The van der Waals surface area contributed by atoms with Crippen molar-refractivity contribution in [2.45, 2.75) is 0 Å². The molecule has 0 fully saturated rings. The minimum atomic E-state index is -1.24. The maximum Gasteiger partial charge on any atom is 0.293 e. The van der Waals surface area contributed by atoms with Gasteiger partial charge in [0.1, 0.15) is 5.56 Å². The summed E-state index contributed by atoms with van der Waals surface area (Å²) in [6, 6.07) is 5.13. The second-order valence-electron chi connectivity index (χ2n) is 2.38. The second kappa shape index (κ2) is 3.97. The number of halogens is 1. The van der Waals surface area contributed by atoms with Crippen molar-refractivity contribution < 1.29 is 14.5 Å². The zero-order chi connectivity index (χ0) is 10.7. The monoisotopic (exact) mass is 213 g/mol. The molecule has 0 heterocycles. The van der Waals surface area contributed by atoms with E-state index in [1.165, 1.54) is 18.2 Å². The maximum atomic E-state index is 11.1. The molecule has 1 aromatic carbocycles. The van der Waals surface area contributed by atoms with Crippen molar-refractivity contribution in [2.75, 3.05) is 0 Å². The van der Waals surface area contributed by atoms with Crippen LogP contribution >= 0.6 is 11.6 Å². The number of carbonyl (C=O) groups excluding carboxylic acids is 2. The standard InChI is InChI=1S/C8H4ClNO4/c9-8(12)7(11)5-3-1-2-4-6(5)10(13)14/h1-4H. The predicted molar refractivity (Wildman–Crippen MR) is 48.3 cm³/mol. The number of benzene rings is 1. The fourth-order valence-electron chi connectivity index (χ4n) is 0.931. The van der Waals surface area contributed by atoms with Gasteiger partial charge in [0.25, 0.3) is 16.7 Å². The molecule has 0 spiro atoms. The molecule has 5 nitrogen and oxygen atoms in total. The van der Waals surface area contributed by atoms with Crippen LogP contribution in [0.2, 0.25) is 0 Å². The minimum Gasteiger partial charge on any atom is -0.284 e. The van der Waals surface area contributed by atoms with Crippen LogP contribution in [0.5, 0.6) is 0 Å². The molecule has 1 aromatic rings. The lowest BCUT2D eigenvalue weighted by Gasteiger charge is -1.96. The smallest absolute Gasteiger partial charge is 0.284 e. The molecule has 0 aromatic heterocycles. The van der Waals surface area contributed by atoms with Crippen molar-refractivity contribution >= 4 is 28.3 Å². The third-order valence-electron chi connectivity index (χ3n) is 1.52. The molecule has 0 bridgehead atoms. The summed E-state index contributed by atoms with van der Waals surface area (Å²) in [4.78, 5) is 31.3. The summed E-state index contributed by atoms with van der Waals surface area (Å²) >= 11 is 4.93. The van der Waals surface area contributed by atoms with Crippen LogP contribution in [0.15, 0.2) is 24.3 Å². The lowest BCUT2D eigenvalue weighted by molar-refractivity contribution is -0.385. The van der Waals surface area contributed by atoms with E-state index in [1.807, 2.05) is 0 Å². The van der Waals surface area contributed by atoms with E-state index in [0.29, 0.717) is 0 Å². The van der Waals surface area contributed by atoms with Gasteiger partial charge in [-0.15, -0.1) is 0 Å². The first kappa shape index (κ1) is 10.3. The summed E-state index contributed by atoms with van der Waals surface area (Å²) in [7, 11) is 0. The molecule has 0 radical (unpaired) electrons. The molecular weight excluding hydrogens is 210 g/mol. The van der Waals surface area contributed by atoms with E-state index in [0.717, 1.165) is 6.07 Å². The number of carbonyl (C=O) groups is 2. The summed E-state index contributed by atoms with van der Waals surface area (Å²) in [5.74, 6) is -1.07. The van der Waals surface area contributed by atoms with Gasteiger partial charge in [-0.05, 0) is 17.7 Å². The Bertz CT molecular complexity index is 416. The first-order valence-corrected chi connectivity index (χ1v) is 3.89. The Labute approximate surface area is 83.4 Å². The van der Waals surface area contributed by atoms with E-state index in [9.17, 15) is 19.7 Å². The maximum absolute atomic E-state index is 11.1. The van der Waals surface area contributed by atoms with Gasteiger partial charge < -0.3 is 0 Å². The molecule has 0 N–H and O–H groups in total. The van der Waals surface area contributed by atoms with Gasteiger partial charge in [-0.2, -0.15) is 0 Å². The molecule has 0 aliphatic rings. The van der Waals surface area contributed by atoms with Crippen molar-refractivity contribution in [2.24, 2.45) is 0 Å². The van der Waals surface area contributed by atoms with Crippen molar-refractivity contribution in [1.82, 2.24) is 0 Å². The van der Waals surface area contributed by atoms with Gasteiger partial charge in [-0.1, -0.05) is 12.1 Å². The Morgan fingerprint density at radius 1 is 1.29 bits per heavy atom. The number of hydrogen-bond donors (Lipinski definition) is 0. The van der Waals surface area contributed by atoms with Crippen LogP contribution in [0.25, 0.3) is 0 Å². The third kappa shape index (κ3) is 1.94. The van der Waals surface area contributed by atoms with E-state index < -0.39 is 21.6 Å². The first-order chi connectivity index (χ1) is 6.54. The SMILES string of the molecule is O=C(Cl)C(=O)c1ccccc1[N+](=O)[O-]. The molecule has 0 saturated carbocycles. The highest BCUT2D eigenvalue weighted by Gasteiger charge is 2.23. The lowest BCUT2D eigenvalue weighted by atomic mass is 10.1. The largest absolute Gasteiger partial charge is 0.293 e. The number of rotatable bonds is 3. The predicted octanol–water partition coefficient (Wildman–Crippen LogP) is 1.54. The van der Waals surface area contributed by atoms with E-state index in [1.54, 1.807) is 0 Å². The molecule has 72 valence electrons. The van der Waals surface area contributed by atoms with Gasteiger partial charge in [-0.25, -0.2) is 0 Å². The highest BCUT2D eigenvalue weighted by molar-refractivity contribution is 6.83. The zero-order valence-corrected chi connectivity index (χ0v) is 7.52. The van der Waals surface area contributed by atoms with E-state index >= 15 is 0 Å². The number of hydrogen-bond acceptors (Lipinski definition) is 4. The van der Waals surface area contributed by atoms with Crippen molar-refractivity contribution in [3.63, 3.8) is 0 Å². The van der Waals surface area contributed by atoms with Crippen LogP contribution < -0.4 is 0 Å². The van der Waals surface area contributed by atoms with Crippen LogP contribution in [-0.2, 0) is 4.79 Å². The third-order valence-corrected chi connectivity index (χ3v) is 1.70. The Balaban J connectivity index is 3.27. The Morgan fingerprint density at radius 3 is 2.36 bits per heavy atom. The summed E-state index contributed by atoms with van der Waals surface area (Å²) < 4.78 is 0. The van der Waals surface area contributed by atoms with Crippen molar-refractivity contribution in [1.29, 1.82) is 0 Å². The van der Waals surface area contributed by atoms with E-state index in [4.69, 9.17) is 11.6 Å². The normalized spacial score (nSPS) is 9.50. The van der Waals surface area contributed by atoms with Crippen LogP contribution in [0, 0.1) is 10.1 Å². The number of Topliss-reactive ketones (excluding diaryl/α,β-unsaturated/α-hetero) is 1. The van der Waals surface area contributed by atoms with Gasteiger partial charge in [0.2, 0.25) is 0 Å². The summed E-state index contributed by atoms with van der Waals surface area (Å²) in [5.41, 5.74) is -0.719. The Kier molecular flexibility index (Phi) is 2.93. The minimum absolute atomic E-state index is 0.294. The molecule has 0 aliphatic heterocycles. The number of para-hydroxylation sites is 1. The molecule has 1 rings (SSSR count). The number of nitro benzene ring substituents is 1. The Hall–Kier alpha value is -1.75. The van der Waals surface area contributed by atoms with Crippen LogP contribution in [0.3, 0.4) is 0 Å². The number of ketones is 1. The van der Waals surface area contributed by atoms with Crippen molar-refractivity contribution in [3.8, 4) is 0 Å². The number of nitrogens with zero attached hydrogens (tertiary/aromatic N) is 1. The number of nitro groups is 1. The molecule has 0 aliphatic carbocycles. The second-order valence-corrected chi connectivity index (χ2v) is 2.72. The molecular formula is C8H4ClNO4. The average Bonchev–Trinajstić information content (AvgIpc) is 2.16. The molecule has 0 saturated heterocycles. The zero-order valence-electron chi connectivity index (χ0n) is 6.77. The molecule has 0 atom stereocenters. The Morgan fingerprint density at radius 2 is 1.86 bits per heavy atom. The molecule has 0 amide bonds. The molecule has 14 heavy (non-hydrogen) atoms. The van der Waals surface area contributed by atoms with E-state index in [2.05, 4.69) is 0 Å². The van der Waals surface area contributed by atoms with E-state index in [-0.39, 0.29) is 5.56 Å². The van der Waals surface area contributed by atoms with Gasteiger partial charge >= 0.3 is 0 Å². The summed E-state index contributed by atoms with van der Waals surface area (Å²) in [6.45, 7) is 0. The van der Waals surface area contributed by atoms with Gasteiger partial charge in [-0.3, -0.25) is 19.7 Å². The van der Waals surface area contributed by atoms with Crippen LogP contribution in [-0.4, -0.2) is 15.9 Å². The highest BCUT2D eigenvalue weighted by Crippen LogP contribution is 2.18. The topological polar surface area (TPSA) is 77.3 Å². The van der Waals surface area contributed by atoms with Gasteiger partial charge in [0, 0.05) is 6.07 Å². The quantitative estimate of drug-likeness (QED) is 0.251. The highest BCUT2D eigenvalue weighted by atomic mass is 35.5. The lowest BCUT2D eigenvalue weighted by Crippen LogP contribution is -2.09. The molecule has 6 heteroatoms. The fourth-order valence-corrected chi connectivity index (χ4v) is 1.03. The first-order valence-electron chi connectivity index (χ1n) is 3.51. The average molecular weight is 214 g/mol. The van der Waals surface area contributed by atoms with Gasteiger partial charge in [0.05, 0.1) is 4.92 Å².